The summed E-state index contributed by atoms with van der Waals surface area (Å²) in [6, 6.07) is 8.96. The van der Waals surface area contributed by atoms with Gasteiger partial charge in [-0.3, -0.25) is 0 Å². The summed E-state index contributed by atoms with van der Waals surface area (Å²) in [5.74, 6) is -0.260. The van der Waals surface area contributed by atoms with Crippen LogP contribution in [0.3, 0.4) is 0 Å². The van der Waals surface area contributed by atoms with Crippen molar-refractivity contribution in [3.63, 3.8) is 0 Å². The molecule has 0 bridgehead atoms. The van der Waals surface area contributed by atoms with E-state index < -0.39 is 0 Å². The molecule has 0 radical (unpaired) electrons. The van der Waals surface area contributed by atoms with Crippen LogP contribution in [0.1, 0.15) is 15.8 Å². The largest absolute Gasteiger partial charge is 0.206 e. The Labute approximate surface area is 111 Å². The van der Waals surface area contributed by atoms with E-state index in [0.717, 1.165) is 12.0 Å². The first-order chi connectivity index (χ1) is 7.66. The van der Waals surface area contributed by atoms with E-state index in [-0.39, 0.29) is 11.2 Å². The van der Waals surface area contributed by atoms with Crippen LogP contribution in [0.4, 0.5) is 4.39 Å². The predicted molar refractivity (Wildman–Crippen MR) is 70.7 cm³/mol. The fourth-order valence-corrected chi connectivity index (χ4v) is 2.97. The Morgan fingerprint density at radius 1 is 1.38 bits per heavy atom. The monoisotopic (exact) mass is 318 g/mol. The van der Waals surface area contributed by atoms with Crippen molar-refractivity contribution >= 4 is 38.9 Å². The second kappa shape index (κ2) is 5.30. The topological polar surface area (TPSA) is 0 Å². The Hall–Kier alpha value is -0.380. The molecule has 4 heteroatoms. The van der Waals surface area contributed by atoms with Gasteiger partial charge >= 0.3 is 0 Å². The van der Waals surface area contributed by atoms with Crippen molar-refractivity contribution in [3.8, 4) is 0 Å². The minimum atomic E-state index is -0.260. The molecule has 0 fully saturated rings. The van der Waals surface area contributed by atoms with Gasteiger partial charge in [0.1, 0.15) is 5.82 Å². The van der Waals surface area contributed by atoms with Gasteiger partial charge in [-0.25, -0.2) is 4.39 Å². The molecule has 1 unspecified atom stereocenters. The second-order valence-corrected chi connectivity index (χ2v) is 5.84. The molecule has 1 atom stereocenters. The fourth-order valence-electron chi connectivity index (χ4n) is 1.43. The van der Waals surface area contributed by atoms with Gasteiger partial charge in [-0.15, -0.1) is 22.9 Å². The van der Waals surface area contributed by atoms with Crippen molar-refractivity contribution in [2.45, 2.75) is 11.8 Å². The Bertz CT molecular complexity index is 470. The quantitative estimate of drug-likeness (QED) is 0.684. The van der Waals surface area contributed by atoms with Crippen LogP contribution in [0.25, 0.3) is 0 Å². The average molecular weight is 320 g/mol. The molecule has 0 aliphatic carbocycles. The lowest BCUT2D eigenvalue weighted by Crippen LogP contribution is -1.94. The maximum Gasteiger partial charge on any atom is 0.137 e. The van der Waals surface area contributed by atoms with Crippen LogP contribution in [0.15, 0.2) is 40.2 Å². The van der Waals surface area contributed by atoms with Gasteiger partial charge in [0.05, 0.1) is 9.85 Å². The summed E-state index contributed by atoms with van der Waals surface area (Å²) in [4.78, 5) is 1.24. The summed E-state index contributed by atoms with van der Waals surface area (Å²) in [5, 5.41) is 1.91. The van der Waals surface area contributed by atoms with Gasteiger partial charge in [-0.1, -0.05) is 12.1 Å². The Balaban J connectivity index is 2.14. The summed E-state index contributed by atoms with van der Waals surface area (Å²) >= 11 is 11.1. The van der Waals surface area contributed by atoms with Gasteiger partial charge in [-0.2, -0.15) is 0 Å². The van der Waals surface area contributed by atoms with E-state index in [1.807, 2.05) is 11.4 Å². The summed E-state index contributed by atoms with van der Waals surface area (Å²) in [6.07, 6.45) is 0.775. The van der Waals surface area contributed by atoms with Crippen LogP contribution < -0.4 is 0 Å². The number of hydrogen-bond acceptors (Lipinski definition) is 1. The van der Waals surface area contributed by atoms with Crippen molar-refractivity contribution in [1.82, 2.24) is 0 Å². The molecule has 1 heterocycles. The lowest BCUT2D eigenvalue weighted by atomic mass is 10.1. The molecule has 84 valence electrons. The minimum Gasteiger partial charge on any atom is -0.206 e. The average Bonchev–Trinajstić information content (AvgIpc) is 2.74. The maximum atomic E-state index is 13.1. The van der Waals surface area contributed by atoms with Crippen molar-refractivity contribution in [1.29, 1.82) is 0 Å². The zero-order valence-corrected chi connectivity index (χ0v) is 11.4. The van der Waals surface area contributed by atoms with Gasteiger partial charge in [-0.05, 0) is 45.1 Å². The minimum absolute atomic E-state index is 0.115. The number of alkyl halides is 1. The Kier molecular flexibility index (Phi) is 4.00. The van der Waals surface area contributed by atoms with Gasteiger partial charge in [0, 0.05) is 11.3 Å². The molecule has 0 nitrogen and oxygen atoms in total. The highest BCUT2D eigenvalue weighted by molar-refractivity contribution is 9.10. The zero-order valence-electron chi connectivity index (χ0n) is 8.29. The molecule has 2 aromatic rings. The molecular formula is C12H9BrClFS. The van der Waals surface area contributed by atoms with Gasteiger partial charge < -0.3 is 0 Å². The molecule has 2 rings (SSSR count). The highest BCUT2D eigenvalue weighted by Gasteiger charge is 2.11. The predicted octanol–water partition coefficient (Wildman–Crippen LogP) is 5.17. The number of benzene rings is 1. The van der Waals surface area contributed by atoms with E-state index in [1.165, 1.54) is 10.9 Å². The van der Waals surface area contributed by atoms with Crippen molar-refractivity contribution < 1.29 is 4.39 Å². The number of halogens is 3. The van der Waals surface area contributed by atoms with Crippen LogP contribution in [0, 0.1) is 5.82 Å². The number of thiophene rings is 1. The van der Waals surface area contributed by atoms with Crippen molar-refractivity contribution in [2.75, 3.05) is 0 Å². The molecule has 0 aliphatic heterocycles. The smallest absolute Gasteiger partial charge is 0.137 e. The van der Waals surface area contributed by atoms with Crippen LogP contribution in [-0.4, -0.2) is 0 Å². The molecule has 0 saturated carbocycles. The first kappa shape index (κ1) is 12.1. The third kappa shape index (κ3) is 2.84. The molecule has 0 spiro atoms. The lowest BCUT2D eigenvalue weighted by molar-refractivity contribution is 0.620. The van der Waals surface area contributed by atoms with E-state index in [2.05, 4.69) is 22.0 Å². The molecule has 0 saturated heterocycles. The SMILES string of the molecule is Fc1ccc(C(Cl)Cc2cccs2)cc1Br. The van der Waals surface area contributed by atoms with Crippen molar-refractivity contribution in [3.05, 3.63) is 56.4 Å². The molecular weight excluding hydrogens is 311 g/mol. The summed E-state index contributed by atoms with van der Waals surface area (Å²) in [5.41, 5.74) is 0.934. The van der Waals surface area contributed by atoms with Crippen LogP contribution >= 0.6 is 38.9 Å². The normalized spacial score (nSPS) is 12.7. The van der Waals surface area contributed by atoms with E-state index in [9.17, 15) is 4.39 Å². The zero-order chi connectivity index (χ0) is 11.5. The summed E-state index contributed by atoms with van der Waals surface area (Å²) < 4.78 is 13.5. The van der Waals surface area contributed by atoms with Crippen LogP contribution in [0.2, 0.25) is 0 Å². The lowest BCUT2D eigenvalue weighted by Gasteiger charge is -2.09. The third-order valence-corrected chi connectivity index (χ3v) is 4.18. The molecule has 16 heavy (non-hydrogen) atoms. The number of rotatable bonds is 3. The van der Waals surface area contributed by atoms with Crippen molar-refractivity contribution in [2.24, 2.45) is 0 Å². The third-order valence-electron chi connectivity index (χ3n) is 2.27. The molecule has 1 aromatic carbocycles. The standard InChI is InChI=1S/C12H9BrClFS/c13-10-6-8(3-4-12(10)15)11(14)7-9-2-1-5-16-9/h1-6,11H,7H2. The number of hydrogen-bond donors (Lipinski definition) is 0. The Morgan fingerprint density at radius 3 is 2.81 bits per heavy atom. The fraction of sp³-hybridized carbons (Fsp3) is 0.167. The molecule has 0 aliphatic rings. The summed E-state index contributed by atoms with van der Waals surface area (Å²) in [7, 11) is 0. The molecule has 0 N–H and O–H groups in total. The first-order valence-electron chi connectivity index (χ1n) is 4.78. The second-order valence-electron chi connectivity index (χ2n) is 3.42. The van der Waals surface area contributed by atoms with Gasteiger partial charge in [0.25, 0.3) is 0 Å². The maximum absolute atomic E-state index is 13.1. The van der Waals surface area contributed by atoms with E-state index in [4.69, 9.17) is 11.6 Å². The van der Waals surface area contributed by atoms with E-state index >= 15 is 0 Å². The summed E-state index contributed by atoms with van der Waals surface area (Å²) in [6.45, 7) is 0. The van der Waals surface area contributed by atoms with Crippen LogP contribution in [0.5, 0.6) is 0 Å². The molecule has 1 aromatic heterocycles. The van der Waals surface area contributed by atoms with Gasteiger partial charge in [0.15, 0.2) is 0 Å². The van der Waals surface area contributed by atoms with Crippen LogP contribution in [-0.2, 0) is 6.42 Å². The molecule has 0 amide bonds. The first-order valence-corrected chi connectivity index (χ1v) is 6.89. The van der Waals surface area contributed by atoms with Gasteiger partial charge in [0.2, 0.25) is 0 Å². The highest BCUT2D eigenvalue weighted by Crippen LogP contribution is 2.29. The van der Waals surface area contributed by atoms with E-state index in [1.54, 1.807) is 23.5 Å². The van der Waals surface area contributed by atoms with E-state index in [0.29, 0.717) is 4.47 Å². The Morgan fingerprint density at radius 2 is 2.19 bits per heavy atom. The highest BCUT2D eigenvalue weighted by atomic mass is 79.9.